The Bertz CT molecular complexity index is 858. The van der Waals surface area contributed by atoms with Gasteiger partial charge in [-0.3, -0.25) is 9.48 Å². The summed E-state index contributed by atoms with van der Waals surface area (Å²) in [6.45, 7) is 5.47. The van der Waals surface area contributed by atoms with Crippen LogP contribution in [0.1, 0.15) is 43.3 Å². The molecule has 8 nitrogen and oxygen atoms in total. The Morgan fingerprint density at radius 3 is 2.93 bits per heavy atom. The molecule has 2 unspecified atom stereocenters. The van der Waals surface area contributed by atoms with Crippen LogP contribution >= 0.6 is 0 Å². The summed E-state index contributed by atoms with van der Waals surface area (Å²) < 4.78 is 7.78. The van der Waals surface area contributed by atoms with Gasteiger partial charge in [0, 0.05) is 26.3 Å². The van der Waals surface area contributed by atoms with Crippen molar-refractivity contribution in [1.29, 1.82) is 0 Å². The second kappa shape index (κ2) is 7.87. The van der Waals surface area contributed by atoms with Crippen molar-refractivity contribution >= 4 is 17.4 Å². The van der Waals surface area contributed by atoms with E-state index in [1.807, 2.05) is 36.7 Å². The highest BCUT2D eigenvalue weighted by molar-refractivity contribution is 6.02. The zero-order chi connectivity index (χ0) is 19.7. The lowest BCUT2D eigenvalue weighted by molar-refractivity contribution is -0.117. The van der Waals surface area contributed by atoms with Gasteiger partial charge in [-0.2, -0.15) is 5.10 Å². The first-order valence-corrected chi connectivity index (χ1v) is 10.1. The van der Waals surface area contributed by atoms with Crippen molar-refractivity contribution in [2.75, 3.05) is 23.9 Å². The van der Waals surface area contributed by atoms with Crippen LogP contribution in [-0.2, 0) is 28.9 Å². The maximum atomic E-state index is 12.0. The zero-order valence-corrected chi connectivity index (χ0v) is 16.8. The van der Waals surface area contributed by atoms with E-state index in [-0.39, 0.29) is 18.1 Å². The summed E-state index contributed by atoms with van der Waals surface area (Å²) in [4.78, 5) is 23.2. The van der Waals surface area contributed by atoms with E-state index in [1.165, 1.54) is 18.4 Å². The number of nitrogens with one attached hydrogen (secondary N) is 1. The molecule has 28 heavy (non-hydrogen) atoms. The molecule has 0 aliphatic carbocycles. The first-order chi connectivity index (χ1) is 13.5. The number of fused-ring (bicyclic) bond motifs is 1. The molecule has 0 radical (unpaired) electrons. The van der Waals surface area contributed by atoms with Crippen molar-refractivity contribution in [2.24, 2.45) is 0 Å². The van der Waals surface area contributed by atoms with E-state index in [1.54, 1.807) is 0 Å². The molecule has 0 saturated carbocycles. The van der Waals surface area contributed by atoms with Gasteiger partial charge in [-0.15, -0.1) is 0 Å². The van der Waals surface area contributed by atoms with Crippen molar-refractivity contribution in [3.05, 3.63) is 29.5 Å². The highest BCUT2D eigenvalue weighted by Crippen LogP contribution is 2.31. The summed E-state index contributed by atoms with van der Waals surface area (Å²) in [5.41, 5.74) is 2.69. The van der Waals surface area contributed by atoms with Crippen LogP contribution in [0.25, 0.3) is 0 Å². The van der Waals surface area contributed by atoms with E-state index >= 15 is 0 Å². The number of hydrogen-bond donors (Lipinski definition) is 1. The normalized spacial score (nSPS) is 22.1. The first kappa shape index (κ1) is 18.9. The summed E-state index contributed by atoms with van der Waals surface area (Å²) in [6, 6.07) is -0.241. The number of carbonyl (C=O) groups is 1. The Hall–Kier alpha value is -2.48. The molecule has 8 heteroatoms. The molecule has 0 bridgehead atoms. The predicted octanol–water partition coefficient (Wildman–Crippen LogP) is 2.11. The molecule has 1 N–H and O–H groups in total. The van der Waals surface area contributed by atoms with E-state index < -0.39 is 0 Å². The lowest BCUT2D eigenvalue weighted by Gasteiger charge is -2.32. The van der Waals surface area contributed by atoms with Gasteiger partial charge in [0.15, 0.2) is 5.82 Å². The largest absolute Gasteiger partial charge is 0.376 e. The molecule has 4 rings (SSSR count). The molecule has 2 aromatic rings. The molecule has 1 amide bonds. The SMILES string of the molecule is Cc1nc(CCc2cnn(CC3CCCCO3)c2)nc2c1NC(=O)C(C)N2C. The van der Waals surface area contributed by atoms with Crippen LogP contribution in [0.3, 0.4) is 0 Å². The maximum Gasteiger partial charge on any atom is 0.246 e. The third kappa shape index (κ3) is 3.87. The second-order valence-electron chi connectivity index (χ2n) is 7.76. The molecule has 0 spiro atoms. The van der Waals surface area contributed by atoms with Crippen molar-refractivity contribution in [3.63, 3.8) is 0 Å². The number of aromatic nitrogens is 4. The van der Waals surface area contributed by atoms with E-state index in [0.29, 0.717) is 0 Å². The zero-order valence-electron chi connectivity index (χ0n) is 16.8. The number of carbonyl (C=O) groups excluding carboxylic acids is 1. The average molecular weight is 384 g/mol. The summed E-state index contributed by atoms with van der Waals surface area (Å²) >= 11 is 0. The molecular formula is C20H28N6O2. The molecule has 2 aromatic heterocycles. The van der Waals surface area contributed by atoms with Gasteiger partial charge in [-0.1, -0.05) is 0 Å². The minimum atomic E-state index is -0.241. The van der Waals surface area contributed by atoms with Crippen LogP contribution < -0.4 is 10.2 Å². The van der Waals surface area contributed by atoms with Gasteiger partial charge in [0.05, 0.1) is 24.5 Å². The third-order valence-corrected chi connectivity index (χ3v) is 5.65. The van der Waals surface area contributed by atoms with Crippen LogP contribution in [0.5, 0.6) is 0 Å². The van der Waals surface area contributed by atoms with Gasteiger partial charge in [-0.25, -0.2) is 9.97 Å². The monoisotopic (exact) mass is 384 g/mol. The lowest BCUT2D eigenvalue weighted by Crippen LogP contribution is -2.45. The third-order valence-electron chi connectivity index (χ3n) is 5.65. The molecule has 4 heterocycles. The summed E-state index contributed by atoms with van der Waals surface area (Å²) in [5, 5.41) is 7.40. The maximum absolute atomic E-state index is 12.0. The van der Waals surface area contributed by atoms with Crippen molar-refractivity contribution in [3.8, 4) is 0 Å². The molecule has 1 saturated heterocycles. The number of nitrogens with zero attached hydrogens (tertiary/aromatic N) is 5. The minimum absolute atomic E-state index is 0.0243. The Kier molecular flexibility index (Phi) is 5.30. The molecule has 2 aliphatic heterocycles. The lowest BCUT2D eigenvalue weighted by atomic mass is 10.1. The topological polar surface area (TPSA) is 85.2 Å². The van der Waals surface area contributed by atoms with Crippen molar-refractivity contribution in [1.82, 2.24) is 19.7 Å². The predicted molar refractivity (Wildman–Crippen MR) is 106 cm³/mol. The first-order valence-electron chi connectivity index (χ1n) is 10.1. The van der Waals surface area contributed by atoms with Crippen molar-refractivity contribution < 1.29 is 9.53 Å². The molecular weight excluding hydrogens is 356 g/mol. The Morgan fingerprint density at radius 2 is 2.14 bits per heavy atom. The van der Waals surface area contributed by atoms with Crippen LogP contribution in [0.15, 0.2) is 12.4 Å². The number of rotatable bonds is 5. The minimum Gasteiger partial charge on any atom is -0.376 e. The summed E-state index contributed by atoms with van der Waals surface area (Å²) in [6.07, 6.45) is 9.37. The van der Waals surface area contributed by atoms with Crippen molar-refractivity contribution in [2.45, 2.75) is 64.6 Å². The van der Waals surface area contributed by atoms with Gasteiger partial charge in [0.1, 0.15) is 17.6 Å². The van der Waals surface area contributed by atoms with Crippen LogP contribution in [0.2, 0.25) is 0 Å². The van der Waals surface area contributed by atoms with Gasteiger partial charge < -0.3 is 15.0 Å². The highest BCUT2D eigenvalue weighted by atomic mass is 16.5. The van der Waals surface area contributed by atoms with E-state index in [4.69, 9.17) is 9.72 Å². The number of ether oxygens (including phenoxy) is 1. The quantitative estimate of drug-likeness (QED) is 0.850. The van der Waals surface area contributed by atoms with Crippen LogP contribution in [0, 0.1) is 6.92 Å². The van der Waals surface area contributed by atoms with Gasteiger partial charge in [0.25, 0.3) is 0 Å². The molecule has 0 aromatic carbocycles. The number of aryl methyl sites for hydroxylation is 3. The number of hydrogen-bond acceptors (Lipinski definition) is 6. The Balaban J connectivity index is 1.41. The highest BCUT2D eigenvalue weighted by Gasteiger charge is 2.30. The van der Waals surface area contributed by atoms with Crippen LogP contribution in [-0.4, -0.2) is 51.5 Å². The number of anilines is 2. The van der Waals surface area contributed by atoms with Gasteiger partial charge >= 0.3 is 0 Å². The summed E-state index contributed by atoms with van der Waals surface area (Å²) in [5.74, 6) is 1.55. The molecule has 150 valence electrons. The fourth-order valence-electron chi connectivity index (χ4n) is 3.77. The second-order valence-corrected chi connectivity index (χ2v) is 7.76. The molecule has 1 fully saturated rings. The fourth-order valence-corrected chi connectivity index (χ4v) is 3.77. The standard InChI is InChI=1S/C20H28N6O2/c1-13-18-19(25(3)14(2)20(27)24-18)23-17(22-13)8-7-15-10-21-26(11-15)12-16-6-4-5-9-28-16/h10-11,14,16H,4-9,12H2,1-3H3,(H,24,27). The van der Waals surface area contributed by atoms with E-state index in [0.717, 1.165) is 55.4 Å². The van der Waals surface area contributed by atoms with E-state index in [2.05, 4.69) is 21.6 Å². The molecule has 2 aliphatic rings. The van der Waals surface area contributed by atoms with Gasteiger partial charge in [-0.05, 0) is 45.1 Å². The number of likely N-dealkylation sites (N-methyl/N-ethyl adjacent to an activating group) is 1. The van der Waals surface area contributed by atoms with Crippen LogP contribution in [0.4, 0.5) is 11.5 Å². The average Bonchev–Trinajstić information content (AvgIpc) is 3.14. The summed E-state index contributed by atoms with van der Waals surface area (Å²) in [7, 11) is 1.90. The Morgan fingerprint density at radius 1 is 1.29 bits per heavy atom. The smallest absolute Gasteiger partial charge is 0.246 e. The van der Waals surface area contributed by atoms with Gasteiger partial charge in [0.2, 0.25) is 5.91 Å². The van der Waals surface area contributed by atoms with E-state index in [9.17, 15) is 4.79 Å². The number of amides is 1. The Labute approximate surface area is 165 Å². The molecule has 2 atom stereocenters. The fraction of sp³-hybridized carbons (Fsp3) is 0.600.